The Morgan fingerprint density at radius 3 is 2.36 bits per heavy atom. The van der Waals surface area contributed by atoms with E-state index in [1.807, 2.05) is 48.5 Å². The fourth-order valence-corrected chi connectivity index (χ4v) is 4.72. The molecule has 2 aromatic carbocycles. The van der Waals surface area contributed by atoms with Gasteiger partial charge in [-0.25, -0.2) is 5.01 Å². The number of fused-ring (bicyclic) bond motifs is 1. The van der Waals surface area contributed by atoms with Crippen LogP contribution in [0.25, 0.3) is 6.08 Å². The first-order valence-corrected chi connectivity index (χ1v) is 11.1. The maximum absolute atomic E-state index is 13.4. The van der Waals surface area contributed by atoms with Crippen molar-refractivity contribution in [3.05, 3.63) is 89.4 Å². The molecule has 6 heteroatoms. The molecule has 33 heavy (non-hydrogen) atoms. The molecule has 1 aliphatic heterocycles. The van der Waals surface area contributed by atoms with Crippen LogP contribution in [0.3, 0.4) is 0 Å². The number of amides is 1. The molecule has 0 bridgehead atoms. The van der Waals surface area contributed by atoms with Crippen LogP contribution >= 0.6 is 0 Å². The number of rotatable bonds is 5. The SMILES string of the molecule is COc1ccc(/C=C2\CCC[C@@H]3C2=NN(C(=O)c2ccco2)[C@H]3c2ccc(OC)cc2)cc1. The summed E-state index contributed by atoms with van der Waals surface area (Å²) < 4.78 is 16.0. The fourth-order valence-electron chi connectivity index (χ4n) is 4.72. The molecule has 1 saturated carbocycles. The van der Waals surface area contributed by atoms with Crippen molar-refractivity contribution in [2.75, 3.05) is 14.2 Å². The lowest BCUT2D eigenvalue weighted by Crippen LogP contribution is -2.31. The summed E-state index contributed by atoms with van der Waals surface area (Å²) in [5.41, 5.74) is 4.28. The van der Waals surface area contributed by atoms with E-state index in [-0.39, 0.29) is 23.6 Å². The van der Waals surface area contributed by atoms with Crippen molar-refractivity contribution < 1.29 is 18.7 Å². The number of hydrazone groups is 1. The number of carbonyl (C=O) groups is 1. The van der Waals surface area contributed by atoms with Crippen LogP contribution in [0.15, 0.2) is 82.0 Å². The van der Waals surface area contributed by atoms with E-state index < -0.39 is 0 Å². The van der Waals surface area contributed by atoms with Crippen LogP contribution in [0.4, 0.5) is 0 Å². The van der Waals surface area contributed by atoms with Crippen molar-refractivity contribution in [2.45, 2.75) is 25.3 Å². The topological polar surface area (TPSA) is 64.3 Å². The summed E-state index contributed by atoms with van der Waals surface area (Å²) in [6, 6.07) is 19.1. The van der Waals surface area contributed by atoms with Crippen molar-refractivity contribution in [1.82, 2.24) is 5.01 Å². The monoisotopic (exact) mass is 442 g/mol. The normalized spacial score (nSPS) is 21.0. The number of hydrogen-bond donors (Lipinski definition) is 0. The first-order chi connectivity index (χ1) is 16.2. The van der Waals surface area contributed by atoms with E-state index in [1.165, 1.54) is 11.8 Å². The first kappa shape index (κ1) is 21.1. The molecule has 6 nitrogen and oxygen atoms in total. The summed E-state index contributed by atoms with van der Waals surface area (Å²) in [4.78, 5) is 13.4. The van der Waals surface area contributed by atoms with E-state index in [9.17, 15) is 4.79 Å². The van der Waals surface area contributed by atoms with Crippen LogP contribution in [0, 0.1) is 5.92 Å². The molecule has 0 spiro atoms. The highest BCUT2D eigenvalue weighted by Crippen LogP contribution is 2.45. The van der Waals surface area contributed by atoms with Crippen LogP contribution in [0.1, 0.15) is 47.0 Å². The van der Waals surface area contributed by atoms with Crippen molar-refractivity contribution >= 4 is 17.7 Å². The Balaban J connectivity index is 1.54. The van der Waals surface area contributed by atoms with Gasteiger partial charge < -0.3 is 13.9 Å². The highest BCUT2D eigenvalue weighted by Gasteiger charge is 2.44. The number of benzene rings is 2. The lowest BCUT2D eigenvalue weighted by molar-refractivity contribution is 0.0648. The highest BCUT2D eigenvalue weighted by molar-refractivity contribution is 6.09. The summed E-state index contributed by atoms with van der Waals surface area (Å²) in [5.74, 6) is 1.79. The van der Waals surface area contributed by atoms with Gasteiger partial charge in [0.15, 0.2) is 5.76 Å². The quantitative estimate of drug-likeness (QED) is 0.506. The Morgan fingerprint density at radius 2 is 1.73 bits per heavy atom. The Hall–Kier alpha value is -3.80. The fraction of sp³-hybridized carbons (Fsp3) is 0.259. The minimum atomic E-state index is -0.230. The van der Waals surface area contributed by atoms with Gasteiger partial charge in [0.05, 0.1) is 32.2 Å². The summed E-state index contributed by atoms with van der Waals surface area (Å²) in [6.07, 6.45) is 6.63. The first-order valence-electron chi connectivity index (χ1n) is 11.1. The molecule has 1 amide bonds. The molecular weight excluding hydrogens is 416 g/mol. The zero-order valence-corrected chi connectivity index (χ0v) is 18.7. The van der Waals surface area contributed by atoms with E-state index >= 15 is 0 Å². The van der Waals surface area contributed by atoms with E-state index in [0.717, 1.165) is 47.6 Å². The molecule has 3 aromatic rings. The van der Waals surface area contributed by atoms with Gasteiger partial charge in [0.25, 0.3) is 0 Å². The van der Waals surface area contributed by atoms with Gasteiger partial charge in [0.1, 0.15) is 11.5 Å². The minimum absolute atomic E-state index is 0.121. The predicted octanol–water partition coefficient (Wildman–Crippen LogP) is 5.73. The zero-order chi connectivity index (χ0) is 22.8. The van der Waals surface area contributed by atoms with Gasteiger partial charge in [-0.1, -0.05) is 24.3 Å². The molecule has 0 saturated heterocycles. The number of ether oxygens (including phenoxy) is 2. The number of nitrogens with zero attached hydrogens (tertiary/aromatic N) is 2. The number of furan rings is 1. The second-order valence-corrected chi connectivity index (χ2v) is 8.27. The van der Waals surface area contributed by atoms with Gasteiger partial charge >= 0.3 is 5.91 Å². The largest absolute Gasteiger partial charge is 0.497 e. The Kier molecular flexibility index (Phi) is 5.73. The average Bonchev–Trinajstić information content (AvgIpc) is 3.53. The van der Waals surface area contributed by atoms with Gasteiger partial charge in [-0.15, -0.1) is 0 Å². The van der Waals surface area contributed by atoms with Crippen LogP contribution in [0.2, 0.25) is 0 Å². The van der Waals surface area contributed by atoms with E-state index in [0.29, 0.717) is 0 Å². The molecule has 168 valence electrons. The second-order valence-electron chi connectivity index (χ2n) is 8.27. The van der Waals surface area contributed by atoms with Crippen LogP contribution in [-0.4, -0.2) is 30.8 Å². The minimum Gasteiger partial charge on any atom is -0.497 e. The van der Waals surface area contributed by atoms with E-state index in [1.54, 1.807) is 31.4 Å². The second kappa shape index (κ2) is 8.98. The molecule has 5 rings (SSSR count). The van der Waals surface area contributed by atoms with Crippen LogP contribution < -0.4 is 9.47 Å². The average molecular weight is 443 g/mol. The zero-order valence-electron chi connectivity index (χ0n) is 18.7. The van der Waals surface area contributed by atoms with Gasteiger partial charge in [0.2, 0.25) is 0 Å². The lowest BCUT2D eigenvalue weighted by atomic mass is 9.77. The van der Waals surface area contributed by atoms with Crippen molar-refractivity contribution in [2.24, 2.45) is 11.0 Å². The molecule has 0 radical (unpaired) electrons. The third kappa shape index (κ3) is 4.04. The Bertz CT molecular complexity index is 1180. The number of methoxy groups -OCH3 is 2. The van der Waals surface area contributed by atoms with E-state index in [4.69, 9.17) is 19.0 Å². The molecule has 2 atom stereocenters. The maximum atomic E-state index is 13.4. The van der Waals surface area contributed by atoms with Gasteiger partial charge in [-0.3, -0.25) is 4.79 Å². The Labute approximate surface area is 193 Å². The number of hydrogen-bond acceptors (Lipinski definition) is 5. The molecule has 1 fully saturated rings. The third-order valence-corrected chi connectivity index (χ3v) is 6.36. The molecular formula is C27H26N2O4. The summed E-state index contributed by atoms with van der Waals surface area (Å²) in [5, 5.41) is 6.50. The summed E-state index contributed by atoms with van der Waals surface area (Å²) in [7, 11) is 3.31. The van der Waals surface area contributed by atoms with Crippen LogP contribution in [-0.2, 0) is 0 Å². The lowest BCUT2D eigenvalue weighted by Gasteiger charge is -2.29. The smallest absolute Gasteiger partial charge is 0.310 e. The van der Waals surface area contributed by atoms with E-state index in [2.05, 4.69) is 6.08 Å². The maximum Gasteiger partial charge on any atom is 0.310 e. The molecule has 2 aliphatic rings. The Morgan fingerprint density at radius 1 is 1.03 bits per heavy atom. The van der Waals surface area contributed by atoms with Gasteiger partial charge in [-0.05, 0) is 78.4 Å². The molecule has 1 aromatic heterocycles. The predicted molar refractivity (Wildman–Crippen MR) is 126 cm³/mol. The molecule has 2 heterocycles. The third-order valence-electron chi connectivity index (χ3n) is 6.36. The van der Waals surface area contributed by atoms with Gasteiger partial charge in [0, 0.05) is 5.92 Å². The molecule has 0 unspecified atom stereocenters. The highest BCUT2D eigenvalue weighted by atomic mass is 16.5. The van der Waals surface area contributed by atoms with Crippen molar-refractivity contribution in [3.8, 4) is 11.5 Å². The number of carbonyl (C=O) groups excluding carboxylic acids is 1. The molecule has 0 N–H and O–H groups in total. The van der Waals surface area contributed by atoms with Crippen molar-refractivity contribution in [1.29, 1.82) is 0 Å². The van der Waals surface area contributed by atoms with Crippen molar-refractivity contribution in [3.63, 3.8) is 0 Å². The summed E-state index contributed by atoms with van der Waals surface area (Å²) >= 11 is 0. The standard InChI is InChI=1S/C27H26N2O4/c1-31-21-12-8-18(9-13-21)17-20-5-3-6-23-25(20)28-29(27(30)24-7-4-16-33-24)26(23)19-10-14-22(32-2)15-11-19/h4,7-17,23,26H,3,5-6H2,1-2H3/b20-17+/t23-,26+/m1/s1. The van der Waals surface area contributed by atoms with Crippen LogP contribution in [0.5, 0.6) is 11.5 Å². The van der Waals surface area contributed by atoms with Gasteiger partial charge in [-0.2, -0.15) is 5.10 Å². The summed E-state index contributed by atoms with van der Waals surface area (Å²) in [6.45, 7) is 0. The number of allylic oxidation sites excluding steroid dienone is 1. The molecule has 1 aliphatic carbocycles.